The third-order valence-corrected chi connectivity index (χ3v) is 4.76. The van der Waals surface area contributed by atoms with Crippen molar-refractivity contribution in [3.05, 3.63) is 45.8 Å². The van der Waals surface area contributed by atoms with Gasteiger partial charge < -0.3 is 5.73 Å². The zero-order chi connectivity index (χ0) is 13.1. The Hall–Kier alpha value is -0.830. The Morgan fingerprint density at radius 1 is 1.28 bits per heavy atom. The number of hydrogen-bond acceptors (Lipinski definition) is 2. The predicted molar refractivity (Wildman–Crippen MR) is 81.6 cm³/mol. The smallest absolute Gasteiger partial charge is 0.0412 e. The Balaban J connectivity index is 2.32. The minimum absolute atomic E-state index is 0.535. The van der Waals surface area contributed by atoms with Crippen molar-refractivity contribution in [2.45, 2.75) is 26.2 Å². The number of nitrogens with two attached hydrogens (primary N) is 1. The van der Waals surface area contributed by atoms with Gasteiger partial charge in [0, 0.05) is 14.8 Å². The van der Waals surface area contributed by atoms with E-state index in [2.05, 4.69) is 32.0 Å². The lowest BCUT2D eigenvalue weighted by Gasteiger charge is -2.07. The maximum Gasteiger partial charge on any atom is 0.0412 e. The van der Waals surface area contributed by atoms with Gasteiger partial charge in [0.05, 0.1) is 0 Å². The fraction of sp³-hybridized carbons (Fsp3) is 0.333. The Bertz CT molecular complexity index is 533. The van der Waals surface area contributed by atoms with Crippen LogP contribution in [0.4, 0.5) is 0 Å². The molecule has 3 heteroatoms. The number of aryl methyl sites for hydroxylation is 1. The first-order valence-corrected chi connectivity index (χ1v) is 7.37. The van der Waals surface area contributed by atoms with Crippen LogP contribution in [0, 0.1) is 6.92 Å². The third kappa shape index (κ3) is 2.94. The zero-order valence-electron chi connectivity index (χ0n) is 10.7. The maximum atomic E-state index is 6.07. The zero-order valence-corrected chi connectivity index (χ0v) is 12.3. The van der Waals surface area contributed by atoms with Crippen LogP contribution in [0.25, 0.3) is 10.4 Å². The average Bonchev–Trinajstić information content (AvgIpc) is 2.82. The van der Waals surface area contributed by atoms with E-state index in [1.54, 1.807) is 0 Å². The molecular formula is C15H18ClNS. The van der Waals surface area contributed by atoms with Crippen LogP contribution in [0.15, 0.2) is 30.3 Å². The quantitative estimate of drug-likeness (QED) is 0.852. The van der Waals surface area contributed by atoms with E-state index in [9.17, 15) is 0 Å². The van der Waals surface area contributed by atoms with Crippen LogP contribution in [0.3, 0.4) is 0 Å². The molecule has 1 atom stereocenters. The molecule has 1 aromatic carbocycles. The molecule has 0 radical (unpaired) electrons. The van der Waals surface area contributed by atoms with Crippen LogP contribution in [0.1, 0.15) is 29.7 Å². The molecular weight excluding hydrogens is 262 g/mol. The maximum absolute atomic E-state index is 6.07. The predicted octanol–water partition coefficient (Wildman–Crippen LogP) is 4.83. The molecule has 0 saturated heterocycles. The van der Waals surface area contributed by atoms with Crippen molar-refractivity contribution in [3.8, 4) is 10.4 Å². The summed E-state index contributed by atoms with van der Waals surface area (Å²) < 4.78 is 0. The summed E-state index contributed by atoms with van der Waals surface area (Å²) in [4.78, 5) is 2.68. The fourth-order valence-electron chi connectivity index (χ4n) is 2.01. The van der Waals surface area contributed by atoms with Crippen molar-refractivity contribution in [3.63, 3.8) is 0 Å². The monoisotopic (exact) mass is 279 g/mol. The van der Waals surface area contributed by atoms with Crippen molar-refractivity contribution in [1.29, 1.82) is 0 Å². The minimum atomic E-state index is 0.535. The molecule has 0 spiro atoms. The highest BCUT2D eigenvalue weighted by Gasteiger charge is 2.10. The number of rotatable bonds is 4. The van der Waals surface area contributed by atoms with Crippen LogP contribution in [-0.2, 0) is 0 Å². The summed E-state index contributed by atoms with van der Waals surface area (Å²) in [6, 6.07) is 10.4. The van der Waals surface area contributed by atoms with E-state index in [0.717, 1.165) is 18.0 Å². The van der Waals surface area contributed by atoms with Crippen LogP contribution >= 0.6 is 22.9 Å². The van der Waals surface area contributed by atoms with E-state index in [4.69, 9.17) is 17.3 Å². The summed E-state index contributed by atoms with van der Waals surface area (Å²) in [6.07, 6.45) is 1.04. The Labute approximate surface area is 118 Å². The van der Waals surface area contributed by atoms with Crippen LogP contribution < -0.4 is 5.73 Å². The van der Waals surface area contributed by atoms with Crippen molar-refractivity contribution >= 4 is 22.9 Å². The van der Waals surface area contributed by atoms with Gasteiger partial charge in [-0.1, -0.05) is 24.6 Å². The Kier molecular flexibility index (Phi) is 4.44. The lowest BCUT2D eigenvalue weighted by molar-refractivity contribution is 0.701. The van der Waals surface area contributed by atoms with Gasteiger partial charge in [0.15, 0.2) is 0 Å². The second-order valence-corrected chi connectivity index (χ2v) is 6.19. The van der Waals surface area contributed by atoms with Gasteiger partial charge >= 0.3 is 0 Å². The highest BCUT2D eigenvalue weighted by Crippen LogP contribution is 2.35. The molecule has 1 heterocycles. The number of hydrogen-bond donors (Lipinski definition) is 1. The third-order valence-electron chi connectivity index (χ3n) is 3.18. The van der Waals surface area contributed by atoms with Crippen molar-refractivity contribution < 1.29 is 0 Å². The van der Waals surface area contributed by atoms with Crippen molar-refractivity contribution in [2.75, 3.05) is 6.54 Å². The first kappa shape index (κ1) is 13.6. The molecule has 0 aliphatic carbocycles. The standard InChI is InChI=1S/C15H18ClNS/c1-10-3-4-12(16)9-13(10)15-6-5-14(18-15)11(2)7-8-17/h3-6,9,11H,7-8,17H2,1-2H3. The summed E-state index contributed by atoms with van der Waals surface area (Å²) in [5, 5.41) is 0.792. The van der Waals surface area contributed by atoms with E-state index in [0.29, 0.717) is 5.92 Å². The molecule has 0 amide bonds. The molecule has 0 bridgehead atoms. The van der Waals surface area contributed by atoms with Crippen LogP contribution in [0.2, 0.25) is 5.02 Å². The van der Waals surface area contributed by atoms with Gasteiger partial charge in [-0.2, -0.15) is 0 Å². The van der Waals surface area contributed by atoms with Crippen molar-refractivity contribution in [2.24, 2.45) is 5.73 Å². The van der Waals surface area contributed by atoms with E-state index in [1.807, 2.05) is 23.5 Å². The first-order valence-electron chi connectivity index (χ1n) is 6.18. The van der Waals surface area contributed by atoms with Gasteiger partial charge in [-0.25, -0.2) is 0 Å². The highest BCUT2D eigenvalue weighted by molar-refractivity contribution is 7.15. The van der Waals surface area contributed by atoms with E-state index >= 15 is 0 Å². The summed E-state index contributed by atoms with van der Waals surface area (Å²) in [7, 11) is 0. The lowest BCUT2D eigenvalue weighted by atomic mass is 10.1. The van der Waals surface area contributed by atoms with Gasteiger partial charge in [-0.3, -0.25) is 0 Å². The fourth-order valence-corrected chi connectivity index (χ4v) is 3.36. The highest BCUT2D eigenvalue weighted by atomic mass is 35.5. The molecule has 18 heavy (non-hydrogen) atoms. The van der Waals surface area contributed by atoms with Gasteiger partial charge in [0.2, 0.25) is 0 Å². The molecule has 1 aromatic heterocycles. The second-order valence-electron chi connectivity index (χ2n) is 4.64. The van der Waals surface area contributed by atoms with E-state index in [1.165, 1.54) is 20.9 Å². The molecule has 1 unspecified atom stereocenters. The first-order chi connectivity index (χ1) is 8.61. The second kappa shape index (κ2) is 5.87. The summed E-state index contributed by atoms with van der Waals surface area (Å²) in [6.45, 7) is 5.09. The van der Waals surface area contributed by atoms with E-state index < -0.39 is 0 Å². The number of halogens is 1. The Morgan fingerprint density at radius 2 is 2.06 bits per heavy atom. The number of benzene rings is 1. The topological polar surface area (TPSA) is 26.0 Å². The van der Waals surface area contributed by atoms with Crippen molar-refractivity contribution in [1.82, 2.24) is 0 Å². The molecule has 0 fully saturated rings. The SMILES string of the molecule is Cc1ccc(Cl)cc1-c1ccc(C(C)CCN)s1. The van der Waals surface area contributed by atoms with Gasteiger partial charge in [-0.15, -0.1) is 11.3 Å². The largest absolute Gasteiger partial charge is 0.330 e. The number of thiophene rings is 1. The molecule has 2 N–H and O–H groups in total. The minimum Gasteiger partial charge on any atom is -0.330 e. The summed E-state index contributed by atoms with van der Waals surface area (Å²) in [5.74, 6) is 0.535. The van der Waals surface area contributed by atoms with Gasteiger partial charge in [-0.05, 0) is 61.2 Å². The molecule has 2 aromatic rings. The van der Waals surface area contributed by atoms with Gasteiger partial charge in [0.1, 0.15) is 0 Å². The summed E-state index contributed by atoms with van der Waals surface area (Å²) in [5.41, 5.74) is 8.11. The van der Waals surface area contributed by atoms with Crippen LogP contribution in [0.5, 0.6) is 0 Å². The molecule has 0 saturated carbocycles. The summed E-state index contributed by atoms with van der Waals surface area (Å²) >= 11 is 7.92. The van der Waals surface area contributed by atoms with E-state index in [-0.39, 0.29) is 0 Å². The van der Waals surface area contributed by atoms with Gasteiger partial charge in [0.25, 0.3) is 0 Å². The molecule has 1 nitrogen and oxygen atoms in total. The Morgan fingerprint density at radius 3 is 2.78 bits per heavy atom. The normalized spacial score (nSPS) is 12.7. The molecule has 2 rings (SSSR count). The molecule has 96 valence electrons. The molecule has 0 aliphatic rings. The van der Waals surface area contributed by atoms with Crippen LogP contribution in [-0.4, -0.2) is 6.54 Å². The lowest BCUT2D eigenvalue weighted by Crippen LogP contribution is -2.03. The molecule has 0 aliphatic heterocycles. The average molecular weight is 280 g/mol.